The molecule has 0 aromatic heterocycles. The molecule has 2 aromatic rings. The lowest BCUT2D eigenvalue weighted by Crippen LogP contribution is -2.21. The zero-order chi connectivity index (χ0) is 18.5. The average Bonchev–Trinajstić information content (AvgIpc) is 2.51. The van der Waals surface area contributed by atoms with Gasteiger partial charge in [0.25, 0.3) is 0 Å². The minimum absolute atomic E-state index is 0.160. The normalized spacial score (nSPS) is 10.7. The number of benzene rings is 2. The minimum atomic E-state index is -4.21. The van der Waals surface area contributed by atoms with Gasteiger partial charge >= 0.3 is 13.5 Å². The molecule has 0 atom stereocenters. The maximum Gasteiger partial charge on any atom is 0.707 e. The van der Waals surface area contributed by atoms with Crippen molar-refractivity contribution in [2.45, 2.75) is 6.18 Å². The van der Waals surface area contributed by atoms with E-state index >= 15 is 0 Å². The van der Waals surface area contributed by atoms with Gasteiger partial charge in [-0.2, -0.15) is 17.6 Å². The summed E-state index contributed by atoms with van der Waals surface area (Å²) in [6, 6.07) is 6.52. The summed E-state index contributed by atoms with van der Waals surface area (Å²) >= 11 is 0. The minimum Gasteiger partial charge on any atom is -0.509 e. The highest BCUT2D eigenvalue weighted by molar-refractivity contribution is 6.33. The standard InChI is InChI=1S/C7H5F3.C6H3BF4O3/c8-7(9,10)6-4-2-1-3-5-6;8-2-1-3(14-7(12)13)5(10)6(11)4(2)9/h1-5H;1,12-13H. The van der Waals surface area contributed by atoms with Gasteiger partial charge in [-0.1, -0.05) is 30.3 Å². The molecule has 0 fully saturated rings. The molecule has 130 valence electrons. The Morgan fingerprint density at radius 1 is 0.833 bits per heavy atom. The lowest BCUT2D eigenvalue weighted by atomic mass is 10.2. The Bertz CT molecular complexity index is 678. The molecule has 0 aliphatic carbocycles. The number of hydrogen-bond acceptors (Lipinski definition) is 3. The third kappa shape index (κ3) is 5.42. The predicted octanol–water partition coefficient (Wildman–Crippen LogP) is 3.30. The molecular weight excluding hydrogens is 348 g/mol. The summed E-state index contributed by atoms with van der Waals surface area (Å²) in [7, 11) is -2.45. The molecule has 0 saturated heterocycles. The quantitative estimate of drug-likeness (QED) is 0.376. The van der Waals surface area contributed by atoms with E-state index in [-0.39, 0.29) is 6.07 Å². The summed E-state index contributed by atoms with van der Waals surface area (Å²) in [5.41, 5.74) is -0.602. The van der Waals surface area contributed by atoms with Crippen LogP contribution in [0, 0.1) is 23.3 Å². The first-order chi connectivity index (χ1) is 11.0. The second-order valence-corrected chi connectivity index (χ2v) is 4.11. The first-order valence-electron chi connectivity index (χ1n) is 6.02. The Labute approximate surface area is 131 Å². The molecule has 11 heteroatoms. The lowest BCUT2D eigenvalue weighted by molar-refractivity contribution is -0.137. The average molecular weight is 356 g/mol. The van der Waals surface area contributed by atoms with Crippen molar-refractivity contribution in [2.75, 3.05) is 0 Å². The van der Waals surface area contributed by atoms with Crippen LogP contribution in [0.3, 0.4) is 0 Å². The fourth-order valence-corrected chi connectivity index (χ4v) is 1.38. The first-order valence-corrected chi connectivity index (χ1v) is 6.02. The molecule has 0 bridgehead atoms. The van der Waals surface area contributed by atoms with E-state index in [1.165, 1.54) is 12.1 Å². The topological polar surface area (TPSA) is 49.7 Å². The van der Waals surface area contributed by atoms with E-state index in [1.54, 1.807) is 6.07 Å². The third-order valence-corrected chi connectivity index (χ3v) is 2.40. The monoisotopic (exact) mass is 356 g/mol. The molecule has 0 heterocycles. The highest BCUT2D eigenvalue weighted by Crippen LogP contribution is 2.28. The predicted molar refractivity (Wildman–Crippen MR) is 68.5 cm³/mol. The molecule has 2 rings (SSSR count). The van der Waals surface area contributed by atoms with Crippen molar-refractivity contribution in [3.05, 3.63) is 65.2 Å². The van der Waals surface area contributed by atoms with Crippen molar-refractivity contribution < 1.29 is 45.4 Å². The van der Waals surface area contributed by atoms with Crippen molar-refractivity contribution in [2.24, 2.45) is 0 Å². The lowest BCUT2D eigenvalue weighted by Gasteiger charge is -2.06. The molecule has 0 saturated carbocycles. The van der Waals surface area contributed by atoms with E-state index < -0.39 is 48.1 Å². The van der Waals surface area contributed by atoms with Crippen LogP contribution >= 0.6 is 0 Å². The molecule has 0 radical (unpaired) electrons. The zero-order valence-electron chi connectivity index (χ0n) is 11.5. The van der Waals surface area contributed by atoms with Crippen LogP contribution in [0.25, 0.3) is 0 Å². The van der Waals surface area contributed by atoms with Crippen molar-refractivity contribution in [3.63, 3.8) is 0 Å². The van der Waals surface area contributed by atoms with Crippen molar-refractivity contribution >= 4 is 7.32 Å². The molecule has 24 heavy (non-hydrogen) atoms. The fraction of sp³-hybridized carbons (Fsp3) is 0.0769. The summed E-state index contributed by atoms with van der Waals surface area (Å²) in [6.45, 7) is 0. The number of hydrogen-bond donors (Lipinski definition) is 2. The molecule has 2 N–H and O–H groups in total. The van der Waals surface area contributed by atoms with Gasteiger partial charge in [-0.05, 0) is 0 Å². The Hall–Kier alpha value is -2.27. The molecule has 3 nitrogen and oxygen atoms in total. The number of alkyl halides is 3. The smallest absolute Gasteiger partial charge is 0.509 e. The van der Waals surface area contributed by atoms with Gasteiger partial charge in [-0.3, -0.25) is 0 Å². The summed E-state index contributed by atoms with van der Waals surface area (Å²) in [4.78, 5) is 0. The number of halogens is 7. The summed E-state index contributed by atoms with van der Waals surface area (Å²) < 4.78 is 89.1. The van der Waals surface area contributed by atoms with Gasteiger partial charge < -0.3 is 14.7 Å². The molecular formula is C13H8BF7O3. The SMILES string of the molecule is FC(F)(F)c1ccccc1.OB(O)Oc1cc(F)c(F)c(F)c1F. The summed E-state index contributed by atoms with van der Waals surface area (Å²) in [5, 5.41) is 16.4. The maximum absolute atomic E-state index is 12.7. The highest BCUT2D eigenvalue weighted by Gasteiger charge is 2.29. The Morgan fingerprint density at radius 3 is 1.79 bits per heavy atom. The van der Waals surface area contributed by atoms with Gasteiger partial charge in [-0.15, -0.1) is 0 Å². The third-order valence-electron chi connectivity index (χ3n) is 2.40. The molecule has 0 unspecified atom stereocenters. The van der Waals surface area contributed by atoms with Crippen LogP contribution in [0.5, 0.6) is 5.75 Å². The summed E-state index contributed by atoms with van der Waals surface area (Å²) in [6.07, 6.45) is -4.21. The van der Waals surface area contributed by atoms with E-state index in [9.17, 15) is 30.7 Å². The van der Waals surface area contributed by atoms with Crippen LogP contribution in [-0.4, -0.2) is 17.4 Å². The van der Waals surface area contributed by atoms with Crippen LogP contribution < -0.4 is 4.65 Å². The van der Waals surface area contributed by atoms with Crippen molar-refractivity contribution in [1.82, 2.24) is 0 Å². The number of rotatable bonds is 2. The van der Waals surface area contributed by atoms with Gasteiger partial charge in [0.15, 0.2) is 11.6 Å². The molecule has 0 aliphatic heterocycles. The Balaban J connectivity index is 0.000000254. The van der Waals surface area contributed by atoms with Crippen LogP contribution in [0.15, 0.2) is 36.4 Å². The van der Waals surface area contributed by atoms with Crippen LogP contribution in [0.1, 0.15) is 5.56 Å². The van der Waals surface area contributed by atoms with Crippen LogP contribution in [-0.2, 0) is 6.18 Å². The second-order valence-electron chi connectivity index (χ2n) is 4.11. The molecule has 0 spiro atoms. The van der Waals surface area contributed by atoms with Gasteiger partial charge in [0.05, 0.1) is 5.56 Å². The van der Waals surface area contributed by atoms with E-state index in [0.717, 1.165) is 12.1 Å². The van der Waals surface area contributed by atoms with Crippen molar-refractivity contribution in [1.29, 1.82) is 0 Å². The zero-order valence-corrected chi connectivity index (χ0v) is 11.5. The van der Waals surface area contributed by atoms with Crippen LogP contribution in [0.4, 0.5) is 30.7 Å². The van der Waals surface area contributed by atoms with E-state index in [2.05, 4.69) is 4.65 Å². The van der Waals surface area contributed by atoms with E-state index in [0.29, 0.717) is 0 Å². The Morgan fingerprint density at radius 2 is 1.38 bits per heavy atom. The van der Waals surface area contributed by atoms with Crippen molar-refractivity contribution in [3.8, 4) is 5.75 Å². The van der Waals surface area contributed by atoms with Crippen LogP contribution in [0.2, 0.25) is 0 Å². The highest BCUT2D eigenvalue weighted by atomic mass is 19.4. The Kier molecular flexibility index (Phi) is 6.61. The molecule has 0 aliphatic rings. The first kappa shape index (κ1) is 19.8. The van der Waals surface area contributed by atoms with E-state index in [1.807, 2.05) is 0 Å². The van der Waals surface area contributed by atoms with Gasteiger partial charge in [0.2, 0.25) is 11.6 Å². The molecule has 2 aromatic carbocycles. The van der Waals surface area contributed by atoms with Gasteiger partial charge in [-0.25, -0.2) is 13.2 Å². The summed E-state index contributed by atoms with van der Waals surface area (Å²) in [5.74, 6) is -8.74. The fourth-order valence-electron chi connectivity index (χ4n) is 1.38. The second kappa shape index (κ2) is 8.02. The maximum atomic E-state index is 12.7. The van der Waals surface area contributed by atoms with Gasteiger partial charge in [0.1, 0.15) is 5.75 Å². The van der Waals surface area contributed by atoms with Gasteiger partial charge in [0, 0.05) is 6.07 Å². The molecule has 0 amide bonds. The van der Waals surface area contributed by atoms with E-state index in [4.69, 9.17) is 10.0 Å². The largest absolute Gasteiger partial charge is 0.707 e.